The van der Waals surface area contributed by atoms with Gasteiger partial charge in [-0.1, -0.05) is 56.3 Å². The average molecular weight is 568 g/mol. The smallest absolute Gasteiger partial charge is 0.264 e. The average Bonchev–Trinajstić information content (AvgIpc) is 2.97. The van der Waals surface area contributed by atoms with E-state index in [4.69, 9.17) is 9.47 Å². The first kappa shape index (κ1) is 30.5. The zero-order chi connectivity index (χ0) is 29.3. The molecule has 40 heavy (non-hydrogen) atoms. The molecule has 0 aromatic heterocycles. The summed E-state index contributed by atoms with van der Waals surface area (Å²) in [6.45, 7) is 5.62. The number of amides is 2. The first-order valence-electron chi connectivity index (χ1n) is 13.0. The van der Waals surface area contributed by atoms with Crippen LogP contribution in [-0.2, 0) is 26.2 Å². The number of hydrogen-bond donors (Lipinski definition) is 1. The molecule has 3 aromatic rings. The summed E-state index contributed by atoms with van der Waals surface area (Å²) in [4.78, 5) is 28.4. The highest BCUT2D eigenvalue weighted by atomic mass is 32.2. The lowest BCUT2D eigenvalue weighted by Gasteiger charge is -2.32. The van der Waals surface area contributed by atoms with E-state index in [2.05, 4.69) is 5.32 Å². The SMILES string of the molecule is COc1ccc(S(=O)(=O)N(CC(=O)N(Cc2ccccc2)[C@@H](C)C(=O)NCC(C)C)c2ccccc2OC)cc1. The minimum Gasteiger partial charge on any atom is -0.497 e. The largest absolute Gasteiger partial charge is 0.497 e. The van der Waals surface area contributed by atoms with Gasteiger partial charge in [0.1, 0.15) is 24.1 Å². The molecule has 0 spiro atoms. The Balaban J connectivity index is 2.04. The van der Waals surface area contributed by atoms with E-state index in [0.29, 0.717) is 12.3 Å². The van der Waals surface area contributed by atoms with Crippen molar-refractivity contribution < 1.29 is 27.5 Å². The van der Waals surface area contributed by atoms with Gasteiger partial charge in [0.2, 0.25) is 11.8 Å². The van der Waals surface area contributed by atoms with Crippen LogP contribution in [0, 0.1) is 5.92 Å². The second kappa shape index (κ2) is 13.8. The molecule has 0 aliphatic heterocycles. The fraction of sp³-hybridized carbons (Fsp3) is 0.333. The number of sulfonamides is 1. The molecule has 1 N–H and O–H groups in total. The maximum Gasteiger partial charge on any atom is 0.264 e. The van der Waals surface area contributed by atoms with Crippen molar-refractivity contribution in [2.45, 2.75) is 38.3 Å². The van der Waals surface area contributed by atoms with E-state index in [1.165, 1.54) is 43.4 Å². The van der Waals surface area contributed by atoms with Crippen molar-refractivity contribution in [1.29, 1.82) is 0 Å². The van der Waals surface area contributed by atoms with E-state index in [-0.39, 0.29) is 34.7 Å². The monoisotopic (exact) mass is 567 g/mol. The van der Waals surface area contributed by atoms with E-state index in [1.54, 1.807) is 31.2 Å². The fourth-order valence-electron chi connectivity index (χ4n) is 4.04. The molecule has 0 radical (unpaired) electrons. The molecule has 0 saturated heterocycles. The number of rotatable bonds is 13. The number of hydrogen-bond acceptors (Lipinski definition) is 6. The van der Waals surface area contributed by atoms with Crippen LogP contribution in [0.1, 0.15) is 26.3 Å². The van der Waals surface area contributed by atoms with Crippen LogP contribution in [0.2, 0.25) is 0 Å². The molecule has 2 amide bonds. The van der Waals surface area contributed by atoms with Crippen LogP contribution >= 0.6 is 0 Å². The molecule has 1 atom stereocenters. The quantitative estimate of drug-likeness (QED) is 0.334. The number of nitrogens with one attached hydrogen (secondary N) is 1. The Labute approximate surface area is 236 Å². The molecule has 0 aliphatic rings. The van der Waals surface area contributed by atoms with Crippen molar-refractivity contribution in [3.63, 3.8) is 0 Å². The number of anilines is 1. The lowest BCUT2D eigenvalue weighted by Crippen LogP contribution is -2.51. The summed E-state index contributed by atoms with van der Waals surface area (Å²) in [6, 6.07) is 20.9. The number of carbonyl (C=O) groups excluding carboxylic acids is 2. The van der Waals surface area contributed by atoms with E-state index in [1.807, 2.05) is 44.2 Å². The molecule has 0 saturated carbocycles. The molecular formula is C30H37N3O6S. The molecule has 0 heterocycles. The van der Waals surface area contributed by atoms with Gasteiger partial charge >= 0.3 is 0 Å². The Kier molecular flexibility index (Phi) is 10.6. The van der Waals surface area contributed by atoms with Crippen molar-refractivity contribution in [3.05, 3.63) is 84.4 Å². The van der Waals surface area contributed by atoms with Crippen LogP contribution in [0.25, 0.3) is 0 Å². The van der Waals surface area contributed by atoms with Crippen molar-refractivity contribution in [3.8, 4) is 11.5 Å². The Morgan fingerprint density at radius 1 is 0.850 bits per heavy atom. The second-order valence-electron chi connectivity index (χ2n) is 9.68. The first-order valence-corrected chi connectivity index (χ1v) is 14.4. The van der Waals surface area contributed by atoms with Gasteiger partial charge in [-0.25, -0.2) is 8.42 Å². The molecule has 0 bridgehead atoms. The Bertz CT molecular complexity index is 1380. The van der Waals surface area contributed by atoms with Crippen LogP contribution in [0.5, 0.6) is 11.5 Å². The number of carbonyl (C=O) groups is 2. The lowest BCUT2D eigenvalue weighted by atomic mass is 10.1. The maximum atomic E-state index is 14.0. The normalized spacial score (nSPS) is 11.9. The summed E-state index contributed by atoms with van der Waals surface area (Å²) >= 11 is 0. The predicted molar refractivity (Wildman–Crippen MR) is 155 cm³/mol. The molecule has 3 aromatic carbocycles. The van der Waals surface area contributed by atoms with Gasteiger partial charge in [0.05, 0.1) is 24.8 Å². The Hall–Kier alpha value is -4.05. The fourth-order valence-corrected chi connectivity index (χ4v) is 5.46. The molecule has 10 heteroatoms. The van der Waals surface area contributed by atoms with Crippen molar-refractivity contribution in [2.24, 2.45) is 5.92 Å². The minimum atomic E-state index is -4.23. The van der Waals surface area contributed by atoms with Gasteiger partial charge in [0.25, 0.3) is 10.0 Å². The summed E-state index contributed by atoms with van der Waals surface area (Å²) in [5.74, 6) is 0.142. The van der Waals surface area contributed by atoms with Gasteiger partial charge in [0, 0.05) is 13.1 Å². The van der Waals surface area contributed by atoms with Crippen molar-refractivity contribution in [2.75, 3.05) is 31.6 Å². The third-order valence-corrected chi connectivity index (χ3v) is 8.10. The van der Waals surface area contributed by atoms with E-state index < -0.39 is 28.5 Å². The highest BCUT2D eigenvalue weighted by molar-refractivity contribution is 7.92. The van der Waals surface area contributed by atoms with Crippen LogP contribution in [-0.4, -0.2) is 58.5 Å². The molecule has 3 rings (SSSR count). The van der Waals surface area contributed by atoms with E-state index in [0.717, 1.165) is 9.87 Å². The van der Waals surface area contributed by atoms with Gasteiger partial charge in [-0.05, 0) is 54.8 Å². The number of nitrogens with zero attached hydrogens (tertiary/aromatic N) is 2. The summed E-state index contributed by atoms with van der Waals surface area (Å²) in [6.07, 6.45) is 0. The van der Waals surface area contributed by atoms with Crippen LogP contribution in [0.15, 0.2) is 83.8 Å². The lowest BCUT2D eigenvalue weighted by molar-refractivity contribution is -0.139. The Morgan fingerprint density at radius 2 is 1.48 bits per heavy atom. The third kappa shape index (κ3) is 7.53. The van der Waals surface area contributed by atoms with Gasteiger partial charge in [0.15, 0.2) is 0 Å². The highest BCUT2D eigenvalue weighted by Crippen LogP contribution is 2.33. The zero-order valence-electron chi connectivity index (χ0n) is 23.5. The second-order valence-corrected chi connectivity index (χ2v) is 11.5. The molecule has 0 fully saturated rings. The molecule has 0 unspecified atom stereocenters. The first-order chi connectivity index (χ1) is 19.1. The number of benzene rings is 3. The third-order valence-electron chi connectivity index (χ3n) is 6.33. The van der Waals surface area contributed by atoms with Gasteiger partial charge in [-0.3, -0.25) is 13.9 Å². The Morgan fingerprint density at radius 3 is 2.08 bits per heavy atom. The van der Waals surface area contributed by atoms with Gasteiger partial charge < -0.3 is 19.7 Å². The van der Waals surface area contributed by atoms with Crippen LogP contribution in [0.3, 0.4) is 0 Å². The van der Waals surface area contributed by atoms with Gasteiger partial charge in [-0.2, -0.15) is 0 Å². The summed E-state index contributed by atoms with van der Waals surface area (Å²) in [7, 11) is -1.31. The molecule has 9 nitrogen and oxygen atoms in total. The zero-order valence-corrected chi connectivity index (χ0v) is 24.4. The molecule has 0 aliphatic carbocycles. The van der Waals surface area contributed by atoms with Crippen molar-refractivity contribution >= 4 is 27.5 Å². The van der Waals surface area contributed by atoms with Crippen LogP contribution < -0.4 is 19.1 Å². The maximum absolute atomic E-state index is 14.0. The topological polar surface area (TPSA) is 105 Å². The van der Waals surface area contributed by atoms with E-state index in [9.17, 15) is 18.0 Å². The molecular weight excluding hydrogens is 530 g/mol. The molecule has 214 valence electrons. The van der Waals surface area contributed by atoms with Crippen molar-refractivity contribution in [1.82, 2.24) is 10.2 Å². The predicted octanol–water partition coefficient (Wildman–Crippen LogP) is 4.09. The van der Waals surface area contributed by atoms with Gasteiger partial charge in [-0.15, -0.1) is 0 Å². The standard InChI is InChI=1S/C30H37N3O6S/c1-22(2)19-31-30(35)23(3)32(20-24-11-7-6-8-12-24)29(34)21-33(27-13-9-10-14-28(27)39-5)40(36,37)26-17-15-25(38-4)16-18-26/h6-18,22-23H,19-21H2,1-5H3,(H,31,35)/t23-/m0/s1. The summed E-state index contributed by atoms with van der Waals surface area (Å²) < 4.78 is 39.6. The summed E-state index contributed by atoms with van der Waals surface area (Å²) in [5.41, 5.74) is 1.01. The highest BCUT2D eigenvalue weighted by Gasteiger charge is 2.33. The summed E-state index contributed by atoms with van der Waals surface area (Å²) in [5, 5.41) is 2.88. The number of ether oxygens (including phenoxy) is 2. The number of para-hydroxylation sites is 2. The number of methoxy groups -OCH3 is 2. The van der Waals surface area contributed by atoms with Crippen LogP contribution in [0.4, 0.5) is 5.69 Å². The minimum absolute atomic E-state index is 0.0238. The van der Waals surface area contributed by atoms with E-state index >= 15 is 0 Å².